The molecular weight excluding hydrogens is 458 g/mol. The fourth-order valence-electron chi connectivity index (χ4n) is 3.53. The average molecular weight is 484 g/mol. The van der Waals surface area contributed by atoms with Gasteiger partial charge in [0.15, 0.2) is 0 Å². The van der Waals surface area contributed by atoms with Gasteiger partial charge in [0, 0.05) is 43.9 Å². The third-order valence-corrected chi connectivity index (χ3v) is 8.68. The van der Waals surface area contributed by atoms with Gasteiger partial charge in [-0.3, -0.25) is 9.59 Å². The number of amides is 2. The molecule has 3 rings (SSSR count). The predicted molar refractivity (Wildman–Crippen MR) is 123 cm³/mol. The number of carbonyl (C=O) groups is 2. The van der Waals surface area contributed by atoms with E-state index in [1.165, 1.54) is 32.9 Å². The number of sulfonamides is 1. The molecule has 1 aliphatic heterocycles. The molecule has 1 N–H and O–H groups in total. The summed E-state index contributed by atoms with van der Waals surface area (Å²) in [4.78, 5) is 28.1. The van der Waals surface area contributed by atoms with Gasteiger partial charge in [0.1, 0.15) is 0 Å². The van der Waals surface area contributed by atoms with E-state index in [0.29, 0.717) is 26.2 Å². The number of anilines is 1. The van der Waals surface area contributed by atoms with E-state index in [1.807, 2.05) is 11.4 Å². The maximum atomic E-state index is 12.7. The maximum absolute atomic E-state index is 12.7. The highest BCUT2D eigenvalue weighted by Crippen LogP contribution is 2.28. The molecule has 2 heterocycles. The number of thiophene rings is 1. The minimum atomic E-state index is -3.67. The third-order valence-electron chi connectivity index (χ3n) is 5.28. The lowest BCUT2D eigenvalue weighted by Crippen LogP contribution is -2.35. The van der Waals surface area contributed by atoms with Crippen LogP contribution in [0.25, 0.3) is 0 Å². The summed E-state index contributed by atoms with van der Waals surface area (Å²) in [5, 5.41) is 4.91. The summed E-state index contributed by atoms with van der Waals surface area (Å²) >= 11 is 7.87. The maximum Gasteiger partial charge on any atom is 0.243 e. The molecule has 2 aromatic rings. The molecule has 0 bridgehead atoms. The summed E-state index contributed by atoms with van der Waals surface area (Å²) in [5.74, 6) is -0.461. The second kappa shape index (κ2) is 10.1. The number of carbonyl (C=O) groups excluding carboxylic acids is 2. The summed E-state index contributed by atoms with van der Waals surface area (Å²) in [6.07, 6.45) is 0.921. The van der Waals surface area contributed by atoms with E-state index in [9.17, 15) is 18.0 Å². The van der Waals surface area contributed by atoms with Crippen LogP contribution >= 0.6 is 22.9 Å². The summed E-state index contributed by atoms with van der Waals surface area (Å²) < 4.78 is 26.8. The van der Waals surface area contributed by atoms with E-state index >= 15 is 0 Å². The molecule has 0 unspecified atom stereocenters. The van der Waals surface area contributed by atoms with Crippen LogP contribution in [0.15, 0.2) is 34.5 Å². The molecule has 0 atom stereocenters. The van der Waals surface area contributed by atoms with Crippen molar-refractivity contribution in [1.82, 2.24) is 9.21 Å². The lowest BCUT2D eigenvalue weighted by molar-refractivity contribution is -0.133. The van der Waals surface area contributed by atoms with Crippen LogP contribution in [0.3, 0.4) is 0 Å². The first-order valence-corrected chi connectivity index (χ1v) is 12.9. The quantitative estimate of drug-likeness (QED) is 0.619. The highest BCUT2D eigenvalue weighted by molar-refractivity contribution is 7.89. The Bertz CT molecular complexity index is 1060. The van der Waals surface area contributed by atoms with Crippen molar-refractivity contribution in [2.24, 2.45) is 0 Å². The molecule has 7 nitrogen and oxygen atoms in total. The Balaban J connectivity index is 1.61. The van der Waals surface area contributed by atoms with E-state index in [0.717, 1.165) is 6.42 Å². The lowest BCUT2D eigenvalue weighted by atomic mass is 10.1. The van der Waals surface area contributed by atoms with Crippen LogP contribution < -0.4 is 5.32 Å². The minimum Gasteiger partial charge on any atom is -0.338 e. The number of fused-ring (bicyclic) bond motifs is 1. The number of halogens is 1. The van der Waals surface area contributed by atoms with Crippen LogP contribution in [0.1, 0.15) is 37.1 Å². The standard InChI is InChI=1S/C21H26ClN3O4S2/c1-3-25(4-2)31(28,29)16-5-6-17(22)18(13-16)23-20(26)7-8-21(27)24-11-9-19-15(14-24)10-12-30-19/h5-6,10,12-13H,3-4,7-9,11,14H2,1-2H3,(H,23,26). The smallest absolute Gasteiger partial charge is 0.243 e. The van der Waals surface area contributed by atoms with Gasteiger partial charge in [0.05, 0.1) is 15.6 Å². The molecule has 168 valence electrons. The molecule has 1 aromatic carbocycles. The van der Waals surface area contributed by atoms with E-state index in [2.05, 4.69) is 5.32 Å². The predicted octanol–water partition coefficient (Wildman–Crippen LogP) is 3.74. The monoisotopic (exact) mass is 483 g/mol. The van der Waals surface area contributed by atoms with Crippen LogP contribution in [0.4, 0.5) is 5.69 Å². The first-order chi connectivity index (χ1) is 14.8. The number of rotatable bonds is 8. The van der Waals surface area contributed by atoms with Gasteiger partial charge in [0.25, 0.3) is 0 Å². The number of nitrogens with one attached hydrogen (secondary N) is 1. The number of benzene rings is 1. The molecule has 0 fully saturated rings. The van der Waals surface area contributed by atoms with Crippen LogP contribution in [0.2, 0.25) is 5.02 Å². The molecule has 0 spiro atoms. The van der Waals surface area contributed by atoms with Crippen molar-refractivity contribution in [1.29, 1.82) is 0 Å². The number of hydrogen-bond donors (Lipinski definition) is 1. The van der Waals surface area contributed by atoms with Crippen LogP contribution in [-0.2, 0) is 32.6 Å². The van der Waals surface area contributed by atoms with Crippen molar-refractivity contribution in [3.8, 4) is 0 Å². The summed E-state index contributed by atoms with van der Waals surface area (Å²) in [6, 6.07) is 6.26. The molecule has 0 aliphatic carbocycles. The van der Waals surface area contributed by atoms with Gasteiger partial charge in [-0.2, -0.15) is 4.31 Å². The van der Waals surface area contributed by atoms with Gasteiger partial charge < -0.3 is 10.2 Å². The Morgan fingerprint density at radius 3 is 2.65 bits per heavy atom. The van der Waals surface area contributed by atoms with Crippen LogP contribution in [0.5, 0.6) is 0 Å². The first-order valence-electron chi connectivity index (χ1n) is 10.2. The SMILES string of the molecule is CCN(CC)S(=O)(=O)c1ccc(Cl)c(NC(=O)CCC(=O)N2CCc3sccc3C2)c1. The van der Waals surface area contributed by atoms with Gasteiger partial charge in [0.2, 0.25) is 21.8 Å². The van der Waals surface area contributed by atoms with E-state index in [4.69, 9.17) is 11.6 Å². The Morgan fingerprint density at radius 2 is 1.94 bits per heavy atom. The molecule has 31 heavy (non-hydrogen) atoms. The summed E-state index contributed by atoms with van der Waals surface area (Å²) in [6.45, 7) is 5.45. The Hall–Kier alpha value is -1.94. The molecular formula is C21H26ClN3O4S2. The van der Waals surface area contributed by atoms with Crippen molar-refractivity contribution >= 4 is 50.5 Å². The molecule has 0 saturated heterocycles. The summed E-state index contributed by atoms with van der Waals surface area (Å²) in [5.41, 5.74) is 1.39. The lowest BCUT2D eigenvalue weighted by Gasteiger charge is -2.27. The van der Waals surface area contributed by atoms with Gasteiger partial charge in [-0.25, -0.2) is 8.42 Å². The highest BCUT2D eigenvalue weighted by Gasteiger charge is 2.24. The van der Waals surface area contributed by atoms with Gasteiger partial charge in [-0.1, -0.05) is 25.4 Å². The molecule has 1 aliphatic rings. The van der Waals surface area contributed by atoms with Gasteiger partial charge in [-0.05, 0) is 41.6 Å². The van der Waals surface area contributed by atoms with E-state index in [-0.39, 0.29) is 40.3 Å². The minimum absolute atomic E-state index is 0.00478. The largest absolute Gasteiger partial charge is 0.338 e. The zero-order valence-corrected chi connectivity index (χ0v) is 19.9. The highest BCUT2D eigenvalue weighted by atomic mass is 35.5. The van der Waals surface area contributed by atoms with Crippen molar-refractivity contribution < 1.29 is 18.0 Å². The number of hydrogen-bond acceptors (Lipinski definition) is 5. The van der Waals surface area contributed by atoms with Crippen LogP contribution in [-0.4, -0.2) is 49.1 Å². The molecule has 0 radical (unpaired) electrons. The second-order valence-electron chi connectivity index (χ2n) is 7.21. The van der Waals surface area contributed by atoms with Crippen molar-refractivity contribution in [3.63, 3.8) is 0 Å². The zero-order valence-electron chi connectivity index (χ0n) is 17.6. The van der Waals surface area contributed by atoms with Gasteiger partial charge in [-0.15, -0.1) is 11.3 Å². The molecule has 2 amide bonds. The van der Waals surface area contributed by atoms with Crippen molar-refractivity contribution in [2.75, 3.05) is 25.0 Å². The molecule has 0 saturated carbocycles. The molecule has 1 aromatic heterocycles. The van der Waals surface area contributed by atoms with E-state index in [1.54, 1.807) is 30.1 Å². The first kappa shape index (κ1) is 23.7. The Morgan fingerprint density at radius 1 is 1.19 bits per heavy atom. The second-order valence-corrected chi connectivity index (χ2v) is 10.6. The third kappa shape index (κ3) is 5.46. The Labute approximate surface area is 192 Å². The number of nitrogens with zero attached hydrogens (tertiary/aromatic N) is 2. The Kier molecular flexibility index (Phi) is 7.74. The van der Waals surface area contributed by atoms with Crippen LogP contribution in [0, 0.1) is 0 Å². The normalized spacial score (nSPS) is 13.9. The van der Waals surface area contributed by atoms with E-state index < -0.39 is 10.0 Å². The van der Waals surface area contributed by atoms with Gasteiger partial charge >= 0.3 is 0 Å². The zero-order chi connectivity index (χ0) is 22.6. The fourth-order valence-corrected chi connectivity index (χ4v) is 6.07. The van der Waals surface area contributed by atoms with Crippen molar-refractivity contribution in [3.05, 3.63) is 45.1 Å². The van der Waals surface area contributed by atoms with Crippen molar-refractivity contribution in [2.45, 2.75) is 44.6 Å². The average Bonchev–Trinajstić information content (AvgIpc) is 3.22. The fraction of sp³-hybridized carbons (Fsp3) is 0.429. The topological polar surface area (TPSA) is 86.8 Å². The summed E-state index contributed by atoms with van der Waals surface area (Å²) in [7, 11) is -3.67. The molecule has 10 heteroatoms.